The third-order valence-corrected chi connectivity index (χ3v) is 5.18. The van der Waals surface area contributed by atoms with E-state index in [4.69, 9.17) is 4.74 Å². The minimum atomic E-state index is 0.410. The van der Waals surface area contributed by atoms with E-state index in [0.29, 0.717) is 12.1 Å². The van der Waals surface area contributed by atoms with Gasteiger partial charge in [0.2, 0.25) is 0 Å². The highest BCUT2D eigenvalue weighted by Crippen LogP contribution is 2.28. The number of nitrogens with one attached hydrogen (secondary N) is 1. The van der Waals surface area contributed by atoms with Crippen LogP contribution in [0.3, 0.4) is 0 Å². The van der Waals surface area contributed by atoms with Crippen LogP contribution >= 0.6 is 11.8 Å². The lowest BCUT2D eigenvalue weighted by Crippen LogP contribution is -2.27. The molecular formula is C16H23NOS. The quantitative estimate of drug-likeness (QED) is 0.908. The maximum absolute atomic E-state index is 6.14. The number of piperidine rings is 1. The predicted molar refractivity (Wildman–Crippen MR) is 82.0 cm³/mol. The second kappa shape index (κ2) is 6.67. The third-order valence-electron chi connectivity index (χ3n) is 3.99. The molecule has 2 heterocycles. The number of ether oxygens (including phenoxy) is 1. The average molecular weight is 277 g/mol. The van der Waals surface area contributed by atoms with Crippen molar-refractivity contribution in [2.24, 2.45) is 0 Å². The topological polar surface area (TPSA) is 21.3 Å². The molecule has 1 N–H and O–H groups in total. The molecule has 2 aliphatic heterocycles. The Morgan fingerprint density at radius 3 is 2.95 bits per heavy atom. The molecule has 19 heavy (non-hydrogen) atoms. The first kappa shape index (κ1) is 13.3. The first-order valence-corrected chi connectivity index (χ1v) is 8.65. The Balaban J connectivity index is 1.64. The molecule has 0 aromatic heterocycles. The van der Waals surface area contributed by atoms with Gasteiger partial charge in [0, 0.05) is 11.8 Å². The number of rotatable bonds is 3. The van der Waals surface area contributed by atoms with Crippen LogP contribution in [0.5, 0.6) is 5.75 Å². The first-order chi connectivity index (χ1) is 9.42. The van der Waals surface area contributed by atoms with Crippen LogP contribution < -0.4 is 10.1 Å². The molecule has 2 nitrogen and oxygen atoms in total. The van der Waals surface area contributed by atoms with E-state index in [9.17, 15) is 0 Å². The van der Waals surface area contributed by atoms with Gasteiger partial charge in [0.1, 0.15) is 11.9 Å². The largest absolute Gasteiger partial charge is 0.490 e. The van der Waals surface area contributed by atoms with Crippen molar-refractivity contribution in [1.29, 1.82) is 0 Å². The molecule has 2 aliphatic rings. The zero-order valence-electron chi connectivity index (χ0n) is 11.4. The van der Waals surface area contributed by atoms with Gasteiger partial charge < -0.3 is 10.1 Å². The summed E-state index contributed by atoms with van der Waals surface area (Å²) in [7, 11) is 0. The van der Waals surface area contributed by atoms with E-state index in [2.05, 4.69) is 29.6 Å². The van der Waals surface area contributed by atoms with E-state index >= 15 is 0 Å². The molecule has 0 radical (unpaired) electrons. The third kappa shape index (κ3) is 3.67. The van der Waals surface area contributed by atoms with Gasteiger partial charge in [-0.3, -0.25) is 0 Å². The summed E-state index contributed by atoms with van der Waals surface area (Å²) in [5.74, 6) is 3.50. The molecule has 1 aromatic rings. The smallest absolute Gasteiger partial charge is 0.120 e. The monoisotopic (exact) mass is 277 g/mol. The first-order valence-electron chi connectivity index (χ1n) is 7.49. The van der Waals surface area contributed by atoms with Crippen molar-refractivity contribution >= 4 is 11.8 Å². The van der Waals surface area contributed by atoms with E-state index in [1.807, 2.05) is 11.8 Å². The van der Waals surface area contributed by atoms with Gasteiger partial charge in [-0.2, -0.15) is 11.8 Å². The van der Waals surface area contributed by atoms with Crippen molar-refractivity contribution in [1.82, 2.24) is 5.32 Å². The molecule has 0 aliphatic carbocycles. The lowest BCUT2D eigenvalue weighted by molar-refractivity contribution is 0.211. The Bertz CT molecular complexity index is 397. The normalized spacial score (nSPS) is 28.0. The maximum atomic E-state index is 6.14. The van der Waals surface area contributed by atoms with Gasteiger partial charge in [-0.05, 0) is 55.7 Å². The van der Waals surface area contributed by atoms with Crippen molar-refractivity contribution in [3.63, 3.8) is 0 Å². The zero-order valence-corrected chi connectivity index (χ0v) is 12.3. The summed E-state index contributed by atoms with van der Waals surface area (Å²) in [4.78, 5) is 0. The Labute approximate surface area is 120 Å². The number of hydrogen-bond donors (Lipinski definition) is 1. The molecule has 3 heteroatoms. The van der Waals surface area contributed by atoms with Crippen LogP contribution in [0.25, 0.3) is 0 Å². The summed E-state index contributed by atoms with van der Waals surface area (Å²) in [6.45, 7) is 1.15. The van der Waals surface area contributed by atoms with Crippen molar-refractivity contribution in [2.75, 3.05) is 18.1 Å². The van der Waals surface area contributed by atoms with Crippen molar-refractivity contribution < 1.29 is 4.74 Å². The van der Waals surface area contributed by atoms with Gasteiger partial charge in [-0.15, -0.1) is 0 Å². The summed E-state index contributed by atoms with van der Waals surface area (Å²) < 4.78 is 6.14. The fourth-order valence-corrected chi connectivity index (χ4v) is 3.97. The van der Waals surface area contributed by atoms with Crippen molar-refractivity contribution in [2.45, 2.75) is 44.2 Å². The van der Waals surface area contributed by atoms with E-state index in [1.165, 1.54) is 43.4 Å². The van der Waals surface area contributed by atoms with Crippen LogP contribution in [-0.4, -0.2) is 24.2 Å². The highest BCUT2D eigenvalue weighted by atomic mass is 32.2. The van der Waals surface area contributed by atoms with E-state index in [-0.39, 0.29) is 0 Å². The maximum Gasteiger partial charge on any atom is 0.120 e. The van der Waals surface area contributed by atoms with Gasteiger partial charge >= 0.3 is 0 Å². The lowest BCUT2D eigenvalue weighted by Gasteiger charge is -2.26. The highest BCUT2D eigenvalue weighted by molar-refractivity contribution is 7.99. The second-order valence-electron chi connectivity index (χ2n) is 5.53. The van der Waals surface area contributed by atoms with Crippen LogP contribution in [0.2, 0.25) is 0 Å². The molecule has 104 valence electrons. The van der Waals surface area contributed by atoms with E-state index in [0.717, 1.165) is 18.0 Å². The SMILES string of the molecule is c1cc(OC2CCCSC2)cc(C2CCCCN2)c1. The van der Waals surface area contributed by atoms with Crippen molar-refractivity contribution in [3.05, 3.63) is 29.8 Å². The molecule has 0 amide bonds. The van der Waals surface area contributed by atoms with E-state index < -0.39 is 0 Å². The van der Waals surface area contributed by atoms with Gasteiger partial charge in [0.15, 0.2) is 0 Å². The Hall–Kier alpha value is -0.670. The van der Waals surface area contributed by atoms with Gasteiger partial charge in [-0.25, -0.2) is 0 Å². The second-order valence-corrected chi connectivity index (χ2v) is 6.68. The number of hydrogen-bond acceptors (Lipinski definition) is 3. The summed E-state index contributed by atoms with van der Waals surface area (Å²) in [6.07, 6.45) is 6.81. The number of thioether (sulfide) groups is 1. The fourth-order valence-electron chi connectivity index (χ4n) is 2.94. The molecule has 2 unspecified atom stereocenters. The summed E-state index contributed by atoms with van der Waals surface area (Å²) >= 11 is 2.02. The van der Waals surface area contributed by atoms with Crippen LogP contribution in [-0.2, 0) is 0 Å². The molecule has 2 atom stereocenters. The highest BCUT2D eigenvalue weighted by Gasteiger charge is 2.17. The molecule has 1 aromatic carbocycles. The Morgan fingerprint density at radius 2 is 2.16 bits per heavy atom. The molecule has 2 saturated heterocycles. The number of benzene rings is 1. The molecule has 3 rings (SSSR count). The van der Waals surface area contributed by atoms with Crippen LogP contribution in [0, 0.1) is 0 Å². The van der Waals surface area contributed by atoms with Crippen LogP contribution in [0.4, 0.5) is 0 Å². The molecule has 0 bridgehead atoms. The minimum absolute atomic E-state index is 0.410. The fraction of sp³-hybridized carbons (Fsp3) is 0.625. The predicted octanol–water partition coefficient (Wildman–Crippen LogP) is 3.78. The molecular weight excluding hydrogens is 254 g/mol. The molecule has 0 saturated carbocycles. The minimum Gasteiger partial charge on any atom is -0.490 e. The van der Waals surface area contributed by atoms with Crippen LogP contribution in [0.1, 0.15) is 43.7 Å². The summed E-state index contributed by atoms with van der Waals surface area (Å²) in [5, 5.41) is 3.61. The summed E-state index contributed by atoms with van der Waals surface area (Å²) in [5.41, 5.74) is 1.39. The van der Waals surface area contributed by atoms with Gasteiger partial charge in [-0.1, -0.05) is 18.6 Å². The lowest BCUT2D eigenvalue weighted by atomic mass is 9.97. The molecule has 0 spiro atoms. The average Bonchev–Trinajstić information content (AvgIpc) is 2.49. The van der Waals surface area contributed by atoms with Gasteiger partial charge in [0.25, 0.3) is 0 Å². The Morgan fingerprint density at radius 1 is 1.16 bits per heavy atom. The zero-order chi connectivity index (χ0) is 12.9. The standard InChI is InChI=1S/C16H23NOS/c1-2-9-17-16(8-1)13-5-3-6-14(11-13)18-15-7-4-10-19-12-15/h3,5-6,11,15-17H,1-2,4,7-10,12H2. The Kier molecular flexibility index (Phi) is 4.67. The van der Waals surface area contributed by atoms with Crippen molar-refractivity contribution in [3.8, 4) is 5.75 Å². The van der Waals surface area contributed by atoms with E-state index in [1.54, 1.807) is 0 Å². The van der Waals surface area contributed by atoms with Crippen LogP contribution in [0.15, 0.2) is 24.3 Å². The van der Waals surface area contributed by atoms with Gasteiger partial charge in [0.05, 0.1) is 0 Å². The summed E-state index contributed by atoms with van der Waals surface area (Å²) in [6, 6.07) is 9.23. The molecule has 2 fully saturated rings.